The van der Waals surface area contributed by atoms with E-state index in [1.807, 2.05) is 11.1 Å². The van der Waals surface area contributed by atoms with Crippen LogP contribution < -0.4 is 0 Å². The summed E-state index contributed by atoms with van der Waals surface area (Å²) in [6.45, 7) is 2.54. The fraction of sp³-hybridized carbons (Fsp3) is 0.600. The van der Waals surface area contributed by atoms with Gasteiger partial charge in [0.25, 0.3) is 0 Å². The molecule has 0 saturated heterocycles. The predicted molar refractivity (Wildman–Crippen MR) is 111 cm³/mol. The molecule has 0 heterocycles. The molecule has 0 aliphatic heterocycles. The SMILES string of the molecule is Cl.Cl.[CH3][Hf]([CH3])(=[SiH2])([CH]1CCC2CC=CC=C21)[CH]1CCC2CC=CC=C21. The fourth-order valence-electron chi connectivity index (χ4n) is 6.11. The minimum atomic E-state index is -2.89. The van der Waals surface area contributed by atoms with Crippen LogP contribution in [0.4, 0.5) is 0 Å². The molecule has 0 spiro atoms. The normalized spacial score (nSPS) is 34.5. The zero-order valence-electron chi connectivity index (χ0n) is 15.0. The van der Waals surface area contributed by atoms with Crippen molar-refractivity contribution in [1.82, 2.24) is 0 Å². The second-order valence-corrected chi connectivity index (χ2v) is 53.6. The Kier molecular flexibility index (Phi) is 6.39. The summed E-state index contributed by atoms with van der Waals surface area (Å²) >= 11 is -2.89. The maximum atomic E-state index is 2.81. The van der Waals surface area contributed by atoms with Crippen molar-refractivity contribution < 1.29 is 17.1 Å². The molecule has 0 N–H and O–H groups in total. The summed E-state index contributed by atoms with van der Waals surface area (Å²) in [6, 6.07) is 0. The van der Waals surface area contributed by atoms with Gasteiger partial charge in [-0.1, -0.05) is 0 Å². The van der Waals surface area contributed by atoms with E-state index in [0.717, 1.165) is 19.2 Å². The molecule has 2 saturated carbocycles. The van der Waals surface area contributed by atoms with Crippen LogP contribution in [0.15, 0.2) is 47.6 Å². The van der Waals surface area contributed by atoms with Crippen molar-refractivity contribution in [1.29, 1.82) is 0 Å². The van der Waals surface area contributed by atoms with Gasteiger partial charge in [0.05, 0.1) is 0 Å². The van der Waals surface area contributed by atoms with Crippen molar-refractivity contribution in [3.63, 3.8) is 0 Å². The Morgan fingerprint density at radius 1 is 0.792 bits per heavy atom. The van der Waals surface area contributed by atoms with Crippen LogP contribution in [-0.2, 0) is 17.1 Å². The van der Waals surface area contributed by atoms with Crippen LogP contribution in [-0.4, -0.2) is 6.94 Å². The van der Waals surface area contributed by atoms with Gasteiger partial charge < -0.3 is 0 Å². The third kappa shape index (κ3) is 3.30. The zero-order chi connectivity index (χ0) is 15.4. The molecule has 0 bridgehead atoms. The Balaban J connectivity index is 0.00000104. The number of allylic oxidation sites excluding steroid dienone is 8. The Morgan fingerprint density at radius 2 is 1.21 bits per heavy atom. The molecule has 134 valence electrons. The maximum absolute atomic E-state index is 2.89. The van der Waals surface area contributed by atoms with Crippen LogP contribution in [0.5, 0.6) is 0 Å². The van der Waals surface area contributed by atoms with E-state index >= 15 is 0 Å². The van der Waals surface area contributed by atoms with Gasteiger partial charge in [0.2, 0.25) is 0 Å². The summed E-state index contributed by atoms with van der Waals surface area (Å²) in [7, 11) is 0. The molecule has 4 unspecified atom stereocenters. The summed E-state index contributed by atoms with van der Waals surface area (Å²) in [5.41, 5.74) is 3.74. The Morgan fingerprint density at radius 3 is 1.62 bits per heavy atom. The van der Waals surface area contributed by atoms with Crippen LogP contribution in [0.3, 0.4) is 0 Å². The van der Waals surface area contributed by atoms with Gasteiger partial charge in [0.1, 0.15) is 0 Å². The molecule has 2 fully saturated rings. The molecule has 4 heteroatoms. The Labute approximate surface area is 162 Å². The molecule has 0 aromatic rings. The molecule has 4 rings (SSSR count). The summed E-state index contributed by atoms with van der Waals surface area (Å²) in [6.07, 6.45) is 23.1. The molecule has 4 aliphatic carbocycles. The van der Waals surface area contributed by atoms with Gasteiger partial charge in [0, 0.05) is 0 Å². The van der Waals surface area contributed by atoms with E-state index in [1.54, 1.807) is 0 Å². The standard InChI is InChI=1S/2C9H11.2CH3.2ClH.Hf.H2Si/c2*1-2-5-9-7-3-6-8(9)4-1;;;;;;/h2*1-2,4,6,9H,3,5,7H2;2*1H3;2*1H;;1H2. The van der Waals surface area contributed by atoms with Crippen molar-refractivity contribution in [2.24, 2.45) is 11.8 Å². The van der Waals surface area contributed by atoms with E-state index < -0.39 is 17.1 Å². The van der Waals surface area contributed by atoms with E-state index in [0.29, 0.717) is 0 Å². The van der Waals surface area contributed by atoms with Gasteiger partial charge >= 0.3 is 139 Å². The number of hydrogen-bond acceptors (Lipinski definition) is 0. The van der Waals surface area contributed by atoms with E-state index in [4.69, 9.17) is 0 Å². The minimum absolute atomic E-state index is 0. The number of hydrogen-bond donors (Lipinski definition) is 0. The predicted octanol–water partition coefficient (Wildman–Crippen LogP) is 6.33. The Hall–Kier alpha value is 0.627. The fourth-order valence-corrected chi connectivity index (χ4v) is 33.3. The first-order valence-corrected chi connectivity index (χ1v) is 28.9. The molecular weight excluding hydrogens is 518 g/mol. The average Bonchev–Trinajstić information content (AvgIpc) is 3.12. The first-order chi connectivity index (χ1) is 10.5. The molecule has 24 heavy (non-hydrogen) atoms. The van der Waals surface area contributed by atoms with E-state index in [1.165, 1.54) is 38.5 Å². The first-order valence-electron chi connectivity index (χ1n) is 9.26. The summed E-state index contributed by atoms with van der Waals surface area (Å²) in [5, 5.41) is 0. The summed E-state index contributed by atoms with van der Waals surface area (Å²) in [5.74, 6) is 1.79. The number of fused-ring (bicyclic) bond motifs is 2. The van der Waals surface area contributed by atoms with Gasteiger partial charge in [-0.05, 0) is 0 Å². The molecule has 0 radical (unpaired) electrons. The third-order valence-electron chi connectivity index (χ3n) is 7.33. The first kappa shape index (κ1) is 20.9. The van der Waals surface area contributed by atoms with Gasteiger partial charge in [0.15, 0.2) is 0 Å². The Bertz CT molecular complexity index is 628. The number of halogens is 2. The van der Waals surface area contributed by atoms with E-state index in [-0.39, 0.29) is 24.8 Å². The average molecular weight is 550 g/mol. The second-order valence-electron chi connectivity index (χ2n) is 9.25. The van der Waals surface area contributed by atoms with E-state index in [2.05, 4.69) is 52.8 Å². The summed E-state index contributed by atoms with van der Waals surface area (Å²) < 4.78 is 7.60. The molecular formula is C20H32Cl2HfSi. The quantitative estimate of drug-likeness (QED) is 0.353. The van der Waals surface area contributed by atoms with Crippen molar-refractivity contribution in [2.45, 2.75) is 55.2 Å². The summed E-state index contributed by atoms with van der Waals surface area (Å²) in [4.78, 5) is 0. The van der Waals surface area contributed by atoms with Crippen LogP contribution in [0.25, 0.3) is 0 Å². The molecule has 0 aromatic carbocycles. The van der Waals surface area contributed by atoms with Gasteiger partial charge in [-0.25, -0.2) is 0 Å². The second kappa shape index (κ2) is 7.33. The van der Waals surface area contributed by atoms with Crippen LogP contribution in [0.1, 0.15) is 38.5 Å². The number of rotatable bonds is 2. The van der Waals surface area contributed by atoms with Crippen LogP contribution >= 0.6 is 24.8 Å². The van der Waals surface area contributed by atoms with Crippen molar-refractivity contribution in [2.75, 3.05) is 0 Å². The van der Waals surface area contributed by atoms with Gasteiger partial charge in [-0.3, -0.25) is 0 Å². The topological polar surface area (TPSA) is 0 Å². The third-order valence-corrected chi connectivity index (χ3v) is 36.3. The molecule has 4 atom stereocenters. The zero-order valence-corrected chi connectivity index (χ0v) is 21.7. The van der Waals surface area contributed by atoms with Crippen LogP contribution in [0.2, 0.25) is 16.7 Å². The molecule has 0 aromatic heterocycles. The van der Waals surface area contributed by atoms with Crippen molar-refractivity contribution >= 4 is 31.8 Å². The van der Waals surface area contributed by atoms with Crippen molar-refractivity contribution in [3.8, 4) is 0 Å². The monoisotopic (exact) mass is 550 g/mol. The van der Waals surface area contributed by atoms with Gasteiger partial charge in [-0.2, -0.15) is 0 Å². The molecule has 0 amide bonds. The molecule has 0 nitrogen and oxygen atoms in total. The van der Waals surface area contributed by atoms with Gasteiger partial charge in [-0.15, -0.1) is 24.8 Å². The molecule has 4 aliphatic rings. The van der Waals surface area contributed by atoms with Crippen molar-refractivity contribution in [3.05, 3.63) is 47.6 Å². The van der Waals surface area contributed by atoms with Crippen LogP contribution in [0, 0.1) is 11.8 Å². The van der Waals surface area contributed by atoms with E-state index in [9.17, 15) is 0 Å².